The molecule has 1 aliphatic carbocycles. The highest BCUT2D eigenvalue weighted by atomic mass is 14.2. The summed E-state index contributed by atoms with van der Waals surface area (Å²) in [6.45, 7) is 6.68. The lowest BCUT2D eigenvalue weighted by Gasteiger charge is -2.12. The number of hydrogen-bond acceptors (Lipinski definition) is 0. The first-order valence-electron chi connectivity index (χ1n) is 7.08. The minimum absolute atomic E-state index is 1.09. The van der Waals surface area contributed by atoms with E-state index in [4.69, 9.17) is 0 Å². The summed E-state index contributed by atoms with van der Waals surface area (Å²) in [6, 6.07) is 13.4. The monoisotopic (exact) mass is 248 g/mol. The predicted molar refractivity (Wildman–Crippen MR) is 84.3 cm³/mol. The summed E-state index contributed by atoms with van der Waals surface area (Å²) in [5.74, 6) is 0. The molecule has 0 fully saturated rings. The zero-order valence-electron chi connectivity index (χ0n) is 12.0. The Balaban J connectivity index is 2.25. The molecule has 0 nitrogen and oxygen atoms in total. The smallest absolute Gasteiger partial charge is 0.00579 e. The predicted octanol–water partition coefficient (Wildman–Crippen LogP) is 5.53. The number of rotatable bonds is 2. The zero-order chi connectivity index (χ0) is 13.4. The van der Waals surface area contributed by atoms with Gasteiger partial charge in [0.2, 0.25) is 0 Å². The fourth-order valence-electron chi connectivity index (χ4n) is 3.17. The summed E-state index contributed by atoms with van der Waals surface area (Å²) in [4.78, 5) is 0. The Morgan fingerprint density at radius 1 is 0.947 bits per heavy atom. The van der Waals surface area contributed by atoms with E-state index in [-0.39, 0.29) is 0 Å². The van der Waals surface area contributed by atoms with Gasteiger partial charge < -0.3 is 0 Å². The normalized spacial score (nSPS) is 15.2. The highest BCUT2D eigenvalue weighted by molar-refractivity contribution is 5.97. The SMILES string of the molecule is CCc1ccc(C2=C(C)C=C(C)C2)c2ccccc12. The van der Waals surface area contributed by atoms with Crippen LogP contribution < -0.4 is 0 Å². The van der Waals surface area contributed by atoms with E-state index in [0.717, 1.165) is 12.8 Å². The number of aryl methyl sites for hydroxylation is 1. The molecule has 0 N–H and O–H groups in total. The highest BCUT2D eigenvalue weighted by Crippen LogP contribution is 2.37. The van der Waals surface area contributed by atoms with E-state index in [1.807, 2.05) is 0 Å². The lowest BCUT2D eigenvalue weighted by molar-refractivity contribution is 1.16. The second kappa shape index (κ2) is 4.70. The average Bonchev–Trinajstić information content (AvgIpc) is 2.76. The van der Waals surface area contributed by atoms with Crippen LogP contribution in [0.4, 0.5) is 0 Å². The molecule has 2 aromatic rings. The van der Waals surface area contributed by atoms with Gasteiger partial charge >= 0.3 is 0 Å². The second-order valence-corrected chi connectivity index (χ2v) is 5.50. The fourth-order valence-corrected chi connectivity index (χ4v) is 3.17. The standard InChI is InChI=1S/C19H20/c1-4-15-9-10-18(17-8-6-5-7-16(15)17)19-12-13(2)11-14(19)3/h5-11H,4,12H2,1-3H3. The van der Waals surface area contributed by atoms with Crippen molar-refractivity contribution in [1.82, 2.24) is 0 Å². The van der Waals surface area contributed by atoms with Crippen molar-refractivity contribution in [3.05, 3.63) is 64.7 Å². The van der Waals surface area contributed by atoms with Crippen LogP contribution in [0.15, 0.2) is 53.6 Å². The minimum Gasteiger partial charge on any atom is -0.0686 e. The maximum absolute atomic E-state index is 2.32. The molecule has 0 atom stereocenters. The lowest BCUT2D eigenvalue weighted by atomic mass is 9.92. The van der Waals surface area contributed by atoms with E-state index in [2.05, 4.69) is 63.2 Å². The first-order chi connectivity index (χ1) is 9.20. The van der Waals surface area contributed by atoms with Gasteiger partial charge in [0.05, 0.1) is 0 Å². The molecule has 1 aliphatic rings. The van der Waals surface area contributed by atoms with Crippen molar-refractivity contribution >= 4 is 16.3 Å². The van der Waals surface area contributed by atoms with Crippen molar-refractivity contribution < 1.29 is 0 Å². The van der Waals surface area contributed by atoms with Gasteiger partial charge in [0, 0.05) is 0 Å². The van der Waals surface area contributed by atoms with Crippen LogP contribution in [0.1, 0.15) is 38.3 Å². The van der Waals surface area contributed by atoms with Crippen LogP contribution in [-0.4, -0.2) is 0 Å². The average molecular weight is 248 g/mol. The molecule has 0 unspecified atom stereocenters. The van der Waals surface area contributed by atoms with E-state index >= 15 is 0 Å². The molecular formula is C19H20. The maximum atomic E-state index is 2.32. The summed E-state index contributed by atoms with van der Waals surface area (Å²) in [5, 5.41) is 2.81. The molecule has 19 heavy (non-hydrogen) atoms. The van der Waals surface area contributed by atoms with Gasteiger partial charge in [-0.15, -0.1) is 0 Å². The molecule has 0 heterocycles. The molecule has 0 aromatic heterocycles. The van der Waals surface area contributed by atoms with Gasteiger partial charge in [0.15, 0.2) is 0 Å². The Morgan fingerprint density at radius 2 is 1.68 bits per heavy atom. The maximum Gasteiger partial charge on any atom is -0.00579 e. The van der Waals surface area contributed by atoms with Crippen molar-refractivity contribution in [3.8, 4) is 0 Å². The second-order valence-electron chi connectivity index (χ2n) is 5.50. The van der Waals surface area contributed by atoms with Crippen LogP contribution in [0.5, 0.6) is 0 Å². The number of allylic oxidation sites excluding steroid dienone is 4. The third-order valence-corrected chi connectivity index (χ3v) is 4.11. The van der Waals surface area contributed by atoms with Crippen LogP contribution >= 0.6 is 0 Å². The largest absolute Gasteiger partial charge is 0.0686 e. The van der Waals surface area contributed by atoms with Crippen molar-refractivity contribution in [3.63, 3.8) is 0 Å². The Hall–Kier alpha value is -1.82. The Bertz CT molecular complexity index is 699. The Kier molecular flexibility index (Phi) is 3.02. The van der Waals surface area contributed by atoms with Gasteiger partial charge in [0.1, 0.15) is 0 Å². The third-order valence-electron chi connectivity index (χ3n) is 4.11. The van der Waals surface area contributed by atoms with Crippen LogP contribution in [0.2, 0.25) is 0 Å². The van der Waals surface area contributed by atoms with Gasteiger partial charge in [-0.2, -0.15) is 0 Å². The quantitative estimate of drug-likeness (QED) is 0.656. The molecule has 0 amide bonds. The summed E-state index contributed by atoms with van der Waals surface area (Å²) in [6.07, 6.45) is 4.51. The first kappa shape index (κ1) is 12.2. The summed E-state index contributed by atoms with van der Waals surface area (Å²) in [7, 11) is 0. The number of benzene rings is 2. The van der Waals surface area contributed by atoms with Crippen molar-refractivity contribution in [2.75, 3.05) is 0 Å². The van der Waals surface area contributed by atoms with Crippen molar-refractivity contribution in [2.24, 2.45) is 0 Å². The Morgan fingerprint density at radius 3 is 2.32 bits per heavy atom. The van der Waals surface area contributed by atoms with E-state index in [1.165, 1.54) is 38.6 Å². The molecule has 0 aliphatic heterocycles. The van der Waals surface area contributed by atoms with E-state index in [1.54, 1.807) is 0 Å². The van der Waals surface area contributed by atoms with Gasteiger partial charge in [-0.1, -0.05) is 55.0 Å². The molecule has 0 heteroatoms. The molecule has 96 valence electrons. The first-order valence-corrected chi connectivity index (χ1v) is 7.08. The van der Waals surface area contributed by atoms with Crippen LogP contribution in [0.3, 0.4) is 0 Å². The van der Waals surface area contributed by atoms with Crippen molar-refractivity contribution in [1.29, 1.82) is 0 Å². The molecule has 3 rings (SSSR count). The number of hydrogen-bond donors (Lipinski definition) is 0. The van der Waals surface area contributed by atoms with Crippen molar-refractivity contribution in [2.45, 2.75) is 33.6 Å². The van der Waals surface area contributed by atoms with E-state index < -0.39 is 0 Å². The lowest BCUT2D eigenvalue weighted by Crippen LogP contribution is -1.91. The van der Waals surface area contributed by atoms with Gasteiger partial charge in [0.25, 0.3) is 0 Å². The summed E-state index contributed by atoms with van der Waals surface area (Å²) < 4.78 is 0. The summed E-state index contributed by atoms with van der Waals surface area (Å²) >= 11 is 0. The van der Waals surface area contributed by atoms with Gasteiger partial charge in [-0.05, 0) is 59.7 Å². The van der Waals surface area contributed by atoms with Gasteiger partial charge in [-0.3, -0.25) is 0 Å². The van der Waals surface area contributed by atoms with Crippen LogP contribution in [0, 0.1) is 0 Å². The van der Waals surface area contributed by atoms with Gasteiger partial charge in [-0.25, -0.2) is 0 Å². The molecule has 0 spiro atoms. The third kappa shape index (κ3) is 2.02. The molecule has 0 radical (unpaired) electrons. The van der Waals surface area contributed by atoms with Crippen LogP contribution in [0.25, 0.3) is 16.3 Å². The highest BCUT2D eigenvalue weighted by Gasteiger charge is 2.15. The molecule has 2 aromatic carbocycles. The minimum atomic E-state index is 1.09. The summed E-state index contributed by atoms with van der Waals surface area (Å²) in [5.41, 5.74) is 7.25. The van der Waals surface area contributed by atoms with E-state index in [0.29, 0.717) is 0 Å². The van der Waals surface area contributed by atoms with Crippen LogP contribution in [-0.2, 0) is 6.42 Å². The molecular weight excluding hydrogens is 228 g/mol. The fraction of sp³-hybridized carbons (Fsp3) is 0.263. The van der Waals surface area contributed by atoms with E-state index in [9.17, 15) is 0 Å². The zero-order valence-corrected chi connectivity index (χ0v) is 12.0. The Labute approximate surface area is 115 Å². The molecule has 0 bridgehead atoms. The molecule has 0 saturated carbocycles. The molecule has 0 saturated heterocycles. The topological polar surface area (TPSA) is 0 Å². The number of fused-ring (bicyclic) bond motifs is 1.